The van der Waals surface area contributed by atoms with Crippen molar-refractivity contribution in [3.8, 4) is 11.5 Å². The number of hydrogen-bond donors (Lipinski definition) is 0. The molecule has 0 saturated carbocycles. The molecule has 1 aliphatic rings. The van der Waals surface area contributed by atoms with Gasteiger partial charge in [0.25, 0.3) is 5.91 Å². The zero-order chi connectivity index (χ0) is 22.8. The van der Waals surface area contributed by atoms with Crippen molar-refractivity contribution in [2.45, 2.75) is 19.9 Å². The summed E-state index contributed by atoms with van der Waals surface area (Å²) in [5, 5.41) is 0.455. The Bertz CT molecular complexity index is 1200. The van der Waals surface area contributed by atoms with Gasteiger partial charge < -0.3 is 23.7 Å². The van der Waals surface area contributed by atoms with Gasteiger partial charge in [0.05, 0.1) is 31.2 Å². The number of ether oxygens (including phenoxy) is 2. The number of methoxy groups -OCH3 is 2. The summed E-state index contributed by atoms with van der Waals surface area (Å²) in [6, 6.07) is 11.8. The Hall–Kier alpha value is -3.32. The Kier molecular flexibility index (Phi) is 6.19. The fourth-order valence-corrected chi connectivity index (χ4v) is 4.36. The van der Waals surface area contributed by atoms with E-state index in [9.17, 15) is 9.59 Å². The van der Waals surface area contributed by atoms with Crippen molar-refractivity contribution in [1.29, 1.82) is 0 Å². The number of benzene rings is 2. The molecule has 7 nitrogen and oxygen atoms in total. The van der Waals surface area contributed by atoms with E-state index in [1.54, 1.807) is 55.5 Å². The lowest BCUT2D eigenvalue weighted by Gasteiger charge is -2.29. The molecule has 0 spiro atoms. The van der Waals surface area contributed by atoms with E-state index >= 15 is 0 Å². The van der Waals surface area contributed by atoms with Crippen molar-refractivity contribution < 1.29 is 18.7 Å². The minimum atomic E-state index is -0.626. The van der Waals surface area contributed by atoms with E-state index in [0.717, 1.165) is 13.1 Å². The average Bonchev–Trinajstić information content (AvgIpc) is 3.11. The van der Waals surface area contributed by atoms with Crippen molar-refractivity contribution in [3.63, 3.8) is 0 Å². The van der Waals surface area contributed by atoms with Crippen LogP contribution in [0.2, 0.25) is 0 Å². The Morgan fingerprint density at radius 3 is 2.47 bits per heavy atom. The highest BCUT2D eigenvalue weighted by molar-refractivity contribution is 5.99. The molecule has 1 aromatic heterocycles. The number of fused-ring (bicyclic) bond motifs is 2. The van der Waals surface area contributed by atoms with Gasteiger partial charge >= 0.3 is 0 Å². The van der Waals surface area contributed by atoms with E-state index in [1.807, 2.05) is 6.07 Å². The van der Waals surface area contributed by atoms with Crippen LogP contribution in [0, 0.1) is 0 Å². The van der Waals surface area contributed by atoms with E-state index < -0.39 is 6.04 Å². The number of carbonyl (C=O) groups excluding carboxylic acids is 1. The van der Waals surface area contributed by atoms with Gasteiger partial charge in [-0.05, 0) is 43.4 Å². The molecule has 32 heavy (non-hydrogen) atoms. The Labute approximate surface area is 187 Å². The number of nitrogens with zero attached hydrogens (tertiary/aromatic N) is 2. The largest absolute Gasteiger partial charge is 0.497 e. The Morgan fingerprint density at radius 2 is 1.78 bits per heavy atom. The first-order valence-electron chi connectivity index (χ1n) is 10.8. The predicted molar refractivity (Wildman–Crippen MR) is 123 cm³/mol. The van der Waals surface area contributed by atoms with Crippen molar-refractivity contribution in [1.82, 2.24) is 9.80 Å². The van der Waals surface area contributed by atoms with Crippen LogP contribution in [0.5, 0.6) is 11.5 Å². The second kappa shape index (κ2) is 9.04. The zero-order valence-corrected chi connectivity index (χ0v) is 18.9. The first-order valence-corrected chi connectivity index (χ1v) is 10.8. The number of para-hydroxylation sites is 1. The molecule has 1 unspecified atom stereocenters. The van der Waals surface area contributed by atoms with Crippen molar-refractivity contribution >= 4 is 16.9 Å². The molecule has 0 radical (unpaired) electrons. The van der Waals surface area contributed by atoms with Gasteiger partial charge in [0.15, 0.2) is 5.43 Å². The third kappa shape index (κ3) is 3.62. The second-order valence-corrected chi connectivity index (χ2v) is 7.71. The molecule has 0 saturated heterocycles. The summed E-state index contributed by atoms with van der Waals surface area (Å²) in [4.78, 5) is 31.1. The maximum atomic E-state index is 13.6. The summed E-state index contributed by atoms with van der Waals surface area (Å²) in [5.41, 5.74) is 1.25. The van der Waals surface area contributed by atoms with E-state index in [2.05, 4.69) is 18.7 Å². The van der Waals surface area contributed by atoms with Crippen LogP contribution in [0.1, 0.15) is 41.6 Å². The molecule has 168 valence electrons. The molecule has 7 heteroatoms. The molecule has 0 bridgehead atoms. The summed E-state index contributed by atoms with van der Waals surface area (Å²) >= 11 is 0. The van der Waals surface area contributed by atoms with Crippen molar-refractivity contribution in [2.24, 2.45) is 0 Å². The van der Waals surface area contributed by atoms with Crippen LogP contribution in [0.4, 0.5) is 0 Å². The van der Waals surface area contributed by atoms with Gasteiger partial charge in [-0.3, -0.25) is 9.59 Å². The van der Waals surface area contributed by atoms with Gasteiger partial charge in [-0.2, -0.15) is 0 Å². The predicted octanol–water partition coefficient (Wildman–Crippen LogP) is 3.70. The van der Waals surface area contributed by atoms with Crippen LogP contribution >= 0.6 is 0 Å². The molecule has 0 aliphatic carbocycles. The molecule has 1 amide bonds. The maximum absolute atomic E-state index is 13.6. The van der Waals surface area contributed by atoms with Gasteiger partial charge in [-0.15, -0.1) is 0 Å². The highest BCUT2D eigenvalue weighted by Gasteiger charge is 2.43. The molecule has 3 aromatic rings. The summed E-state index contributed by atoms with van der Waals surface area (Å²) in [6.07, 6.45) is 0. The average molecular weight is 437 g/mol. The van der Waals surface area contributed by atoms with E-state index in [0.29, 0.717) is 46.7 Å². The number of amides is 1. The first-order chi connectivity index (χ1) is 15.5. The molecular formula is C25H28N2O5. The summed E-state index contributed by atoms with van der Waals surface area (Å²) in [5.74, 6) is 1.01. The van der Waals surface area contributed by atoms with Crippen LogP contribution in [-0.4, -0.2) is 56.1 Å². The highest BCUT2D eigenvalue weighted by atomic mass is 16.5. The van der Waals surface area contributed by atoms with E-state index in [4.69, 9.17) is 13.9 Å². The fourth-order valence-electron chi connectivity index (χ4n) is 4.36. The zero-order valence-electron chi connectivity index (χ0n) is 18.9. The van der Waals surface area contributed by atoms with Gasteiger partial charge in [-0.1, -0.05) is 26.0 Å². The minimum Gasteiger partial charge on any atom is -0.497 e. The molecule has 2 heterocycles. The molecule has 0 N–H and O–H groups in total. The van der Waals surface area contributed by atoms with E-state index in [1.165, 1.54) is 0 Å². The number of rotatable bonds is 8. The smallest absolute Gasteiger partial charge is 0.290 e. The topological polar surface area (TPSA) is 72.2 Å². The number of hydrogen-bond acceptors (Lipinski definition) is 6. The van der Waals surface area contributed by atoms with Crippen LogP contribution in [-0.2, 0) is 0 Å². The van der Waals surface area contributed by atoms with Crippen molar-refractivity contribution in [3.05, 3.63) is 69.6 Å². The van der Waals surface area contributed by atoms with Crippen LogP contribution in [0.3, 0.4) is 0 Å². The Balaban J connectivity index is 1.93. The molecule has 1 aliphatic heterocycles. The second-order valence-electron chi connectivity index (χ2n) is 7.71. The summed E-state index contributed by atoms with van der Waals surface area (Å²) in [6.45, 7) is 7.06. The fraction of sp³-hybridized carbons (Fsp3) is 0.360. The lowest BCUT2D eigenvalue weighted by molar-refractivity contribution is 0.0706. The van der Waals surface area contributed by atoms with Crippen molar-refractivity contribution in [2.75, 3.05) is 40.4 Å². The van der Waals surface area contributed by atoms with Crippen LogP contribution in [0.15, 0.2) is 51.7 Å². The lowest BCUT2D eigenvalue weighted by Crippen LogP contribution is -2.38. The highest BCUT2D eigenvalue weighted by Crippen LogP contribution is 2.42. The quantitative estimate of drug-likeness (QED) is 0.536. The molecule has 4 rings (SSSR count). The van der Waals surface area contributed by atoms with Gasteiger partial charge in [0.2, 0.25) is 5.76 Å². The molecule has 1 atom stereocenters. The summed E-state index contributed by atoms with van der Waals surface area (Å²) in [7, 11) is 3.16. The summed E-state index contributed by atoms with van der Waals surface area (Å²) < 4.78 is 17.0. The van der Waals surface area contributed by atoms with Crippen LogP contribution in [0.25, 0.3) is 11.0 Å². The third-order valence-corrected chi connectivity index (χ3v) is 6.16. The van der Waals surface area contributed by atoms with Gasteiger partial charge in [0, 0.05) is 18.7 Å². The number of likely N-dealkylation sites (N-methyl/N-ethyl adjacent to an activating group) is 1. The van der Waals surface area contributed by atoms with E-state index in [-0.39, 0.29) is 17.1 Å². The SMILES string of the molecule is CCN(CC)CCN1C(=O)c2oc3ccccc3c(=O)c2C1c1cc(OC)ccc1OC. The standard InChI is InChI=1S/C25H28N2O5/c1-5-26(6-2)13-14-27-22(18-15-16(30-3)11-12-19(18)31-4)21-23(28)17-9-7-8-10-20(17)32-24(21)25(27)29/h7-12,15,22H,5-6,13-14H2,1-4H3. The first kappa shape index (κ1) is 21.9. The normalized spacial score (nSPS) is 15.5. The Morgan fingerprint density at radius 1 is 1.03 bits per heavy atom. The molecular weight excluding hydrogens is 408 g/mol. The monoisotopic (exact) mass is 436 g/mol. The van der Waals surface area contributed by atoms with Gasteiger partial charge in [-0.25, -0.2) is 0 Å². The molecule has 0 fully saturated rings. The lowest BCUT2D eigenvalue weighted by atomic mass is 9.97. The molecule has 2 aromatic carbocycles. The van der Waals surface area contributed by atoms with Gasteiger partial charge in [0.1, 0.15) is 17.1 Å². The maximum Gasteiger partial charge on any atom is 0.290 e. The third-order valence-electron chi connectivity index (χ3n) is 6.16. The van der Waals surface area contributed by atoms with Crippen LogP contribution < -0.4 is 14.9 Å². The minimum absolute atomic E-state index is 0.100. The number of carbonyl (C=O) groups is 1.